The summed E-state index contributed by atoms with van der Waals surface area (Å²) in [5.74, 6) is 0.800. The van der Waals surface area contributed by atoms with E-state index in [1.807, 2.05) is 0 Å². The van der Waals surface area contributed by atoms with Gasteiger partial charge in [0.05, 0.1) is 18.8 Å². The van der Waals surface area contributed by atoms with Gasteiger partial charge >= 0.3 is 0 Å². The van der Waals surface area contributed by atoms with Crippen molar-refractivity contribution in [2.75, 3.05) is 33.4 Å². The van der Waals surface area contributed by atoms with Crippen LogP contribution >= 0.6 is 0 Å². The van der Waals surface area contributed by atoms with Gasteiger partial charge in [0, 0.05) is 17.6 Å². The lowest BCUT2D eigenvalue weighted by Gasteiger charge is -2.41. The zero-order valence-corrected chi connectivity index (χ0v) is 19.9. The highest BCUT2D eigenvalue weighted by atomic mass is 19.1. The molecule has 1 saturated carbocycles. The average molecular weight is 461 g/mol. The van der Waals surface area contributed by atoms with E-state index in [1.165, 1.54) is 45.6 Å². The van der Waals surface area contributed by atoms with Crippen LogP contribution in [0.15, 0.2) is 24.4 Å². The minimum absolute atomic E-state index is 0.0527. The maximum atomic E-state index is 15.4. The van der Waals surface area contributed by atoms with Crippen molar-refractivity contribution in [1.82, 2.24) is 9.88 Å². The van der Waals surface area contributed by atoms with Crippen molar-refractivity contribution in [1.29, 1.82) is 0 Å². The van der Waals surface area contributed by atoms with Crippen molar-refractivity contribution >= 4 is 10.9 Å². The van der Waals surface area contributed by atoms with E-state index >= 15 is 4.39 Å². The van der Waals surface area contributed by atoms with Crippen molar-refractivity contribution in [3.63, 3.8) is 0 Å². The maximum absolute atomic E-state index is 15.4. The van der Waals surface area contributed by atoms with Gasteiger partial charge in [-0.3, -0.25) is 4.98 Å². The van der Waals surface area contributed by atoms with Gasteiger partial charge < -0.3 is 14.7 Å². The second kappa shape index (κ2) is 11.1. The number of halogens is 2. The topological polar surface area (TPSA) is 45.6 Å². The number of aliphatic hydroxyl groups excluding tert-OH is 1. The molecule has 1 aromatic carbocycles. The Morgan fingerprint density at radius 1 is 1.21 bits per heavy atom. The van der Waals surface area contributed by atoms with Crippen LogP contribution in [0.4, 0.5) is 8.78 Å². The lowest BCUT2D eigenvalue weighted by atomic mass is 9.74. The number of alkyl halides is 1. The van der Waals surface area contributed by atoms with Crippen LogP contribution in [0.1, 0.15) is 75.9 Å². The predicted molar refractivity (Wildman–Crippen MR) is 128 cm³/mol. The molecule has 2 aliphatic rings. The van der Waals surface area contributed by atoms with Gasteiger partial charge in [-0.05, 0) is 81.3 Å². The number of ether oxygens (including phenoxy) is 1. The number of hydrogen-bond donors (Lipinski definition) is 1. The number of benzene rings is 1. The highest BCUT2D eigenvalue weighted by molar-refractivity contribution is 5.84. The van der Waals surface area contributed by atoms with Crippen molar-refractivity contribution in [2.24, 2.45) is 11.3 Å². The number of fused-ring (bicyclic) bond motifs is 1. The average Bonchev–Trinajstić information content (AvgIpc) is 2.87. The summed E-state index contributed by atoms with van der Waals surface area (Å²) in [6.07, 6.45) is 10.3. The van der Waals surface area contributed by atoms with Gasteiger partial charge in [0.15, 0.2) is 0 Å². The molecule has 0 radical (unpaired) electrons. The lowest BCUT2D eigenvalue weighted by Crippen LogP contribution is -2.42. The molecule has 1 atom stereocenters. The van der Waals surface area contributed by atoms with Crippen molar-refractivity contribution in [3.05, 3.63) is 35.8 Å². The van der Waals surface area contributed by atoms with Gasteiger partial charge in [0.2, 0.25) is 0 Å². The maximum Gasteiger partial charge on any atom is 0.148 e. The van der Waals surface area contributed by atoms with Gasteiger partial charge in [0.1, 0.15) is 17.7 Å². The zero-order chi connectivity index (χ0) is 23.3. The Labute approximate surface area is 196 Å². The Morgan fingerprint density at radius 3 is 2.67 bits per heavy atom. The van der Waals surface area contributed by atoms with Crippen molar-refractivity contribution in [2.45, 2.75) is 70.4 Å². The number of methoxy groups -OCH3 is 1. The molecule has 182 valence electrons. The third-order valence-electron chi connectivity index (χ3n) is 8.14. The van der Waals surface area contributed by atoms with Crippen LogP contribution < -0.4 is 4.74 Å². The minimum Gasteiger partial charge on any atom is -0.497 e. The molecule has 0 unspecified atom stereocenters. The summed E-state index contributed by atoms with van der Waals surface area (Å²) in [7, 11) is 1.53. The smallest absolute Gasteiger partial charge is 0.148 e. The quantitative estimate of drug-likeness (QED) is 0.483. The fraction of sp³-hybridized carbons (Fsp3) is 0.667. The molecule has 1 aliphatic heterocycles. The molecule has 1 N–H and O–H groups in total. The van der Waals surface area contributed by atoms with E-state index in [4.69, 9.17) is 4.74 Å². The number of aliphatic hydroxyl groups is 1. The fourth-order valence-corrected chi connectivity index (χ4v) is 5.77. The third kappa shape index (κ3) is 5.83. The van der Waals surface area contributed by atoms with Crippen LogP contribution in [0.25, 0.3) is 10.9 Å². The van der Waals surface area contributed by atoms with Crippen LogP contribution in [0.2, 0.25) is 0 Å². The van der Waals surface area contributed by atoms with E-state index in [0.29, 0.717) is 23.1 Å². The van der Waals surface area contributed by atoms with Crippen LogP contribution in [0, 0.1) is 17.2 Å². The normalized spacial score (nSPS) is 20.7. The van der Waals surface area contributed by atoms with E-state index in [-0.39, 0.29) is 24.0 Å². The first-order valence-corrected chi connectivity index (χ1v) is 12.6. The molecule has 6 heteroatoms. The van der Waals surface area contributed by atoms with Gasteiger partial charge in [0.25, 0.3) is 0 Å². The summed E-state index contributed by atoms with van der Waals surface area (Å²) in [6, 6.07) is 5.12. The zero-order valence-electron chi connectivity index (χ0n) is 19.9. The molecule has 4 rings (SSSR count). The number of rotatable bonds is 9. The Kier molecular flexibility index (Phi) is 8.18. The number of nitrogens with zero attached hydrogens (tertiary/aromatic N) is 2. The first kappa shape index (κ1) is 24.3. The number of piperidine rings is 1. The Bertz CT molecular complexity index is 908. The second-order valence-corrected chi connectivity index (χ2v) is 10.2. The summed E-state index contributed by atoms with van der Waals surface area (Å²) < 4.78 is 35.3. The van der Waals surface area contributed by atoms with E-state index in [2.05, 4.69) is 9.88 Å². The largest absolute Gasteiger partial charge is 0.497 e. The van der Waals surface area contributed by atoms with Gasteiger partial charge in [-0.15, -0.1) is 0 Å². The third-order valence-corrected chi connectivity index (χ3v) is 8.14. The molecule has 1 saturated heterocycles. The van der Waals surface area contributed by atoms with Gasteiger partial charge in [-0.25, -0.2) is 8.78 Å². The highest BCUT2D eigenvalue weighted by Crippen LogP contribution is 2.41. The van der Waals surface area contributed by atoms with Crippen molar-refractivity contribution < 1.29 is 18.6 Å². The highest BCUT2D eigenvalue weighted by Gasteiger charge is 2.35. The summed E-state index contributed by atoms with van der Waals surface area (Å²) in [6.45, 7) is 3.10. The van der Waals surface area contributed by atoms with E-state index in [9.17, 15) is 9.50 Å². The van der Waals surface area contributed by atoms with Crippen LogP contribution in [0.3, 0.4) is 0 Å². The molecule has 1 aromatic heterocycles. The number of pyridine rings is 1. The molecular formula is C27H38F2N2O2. The summed E-state index contributed by atoms with van der Waals surface area (Å²) in [4.78, 5) is 6.61. The Balaban J connectivity index is 1.35. The monoisotopic (exact) mass is 460 g/mol. The standard InChI is InChI=1S/C27H38F2N2O2/c1-33-21-7-8-25-22(17-21)26(24(29)18-30-25)23(28)9-11-27(19-32)12-15-31(16-13-27)14-10-20-5-3-2-4-6-20/h7-8,17-18,20,23,32H,2-6,9-16,19H2,1H3/t23-/m1/s1. The minimum atomic E-state index is -1.45. The van der Waals surface area contributed by atoms with Crippen molar-refractivity contribution in [3.8, 4) is 5.75 Å². The van der Waals surface area contributed by atoms with E-state index in [0.717, 1.165) is 44.6 Å². The van der Waals surface area contributed by atoms with Crippen LogP contribution in [-0.4, -0.2) is 48.3 Å². The van der Waals surface area contributed by atoms with E-state index < -0.39 is 12.0 Å². The molecule has 1 aliphatic carbocycles. The van der Waals surface area contributed by atoms with Crippen LogP contribution in [0.5, 0.6) is 5.75 Å². The van der Waals surface area contributed by atoms with Crippen LogP contribution in [-0.2, 0) is 0 Å². The van der Waals surface area contributed by atoms with Gasteiger partial charge in [-0.1, -0.05) is 32.1 Å². The molecule has 4 nitrogen and oxygen atoms in total. The first-order valence-electron chi connectivity index (χ1n) is 12.6. The Morgan fingerprint density at radius 2 is 1.97 bits per heavy atom. The SMILES string of the molecule is COc1ccc2ncc(F)c([C@H](F)CCC3(CO)CCN(CCC4CCCCC4)CC3)c2c1. The number of aromatic nitrogens is 1. The summed E-state index contributed by atoms with van der Waals surface area (Å²) in [5.41, 5.74) is 0.331. The molecule has 33 heavy (non-hydrogen) atoms. The molecule has 2 fully saturated rings. The molecular weight excluding hydrogens is 422 g/mol. The first-order chi connectivity index (χ1) is 16.0. The lowest BCUT2D eigenvalue weighted by molar-refractivity contribution is 0.0280. The summed E-state index contributed by atoms with van der Waals surface area (Å²) >= 11 is 0. The number of likely N-dealkylation sites (tertiary alicyclic amines) is 1. The molecule has 2 heterocycles. The molecule has 2 aromatic rings. The summed E-state index contributed by atoms with van der Waals surface area (Å²) in [5, 5.41) is 10.7. The molecule has 0 amide bonds. The molecule has 0 bridgehead atoms. The Hall–Kier alpha value is -1.79. The predicted octanol–water partition coefficient (Wildman–Crippen LogP) is 6.22. The van der Waals surface area contributed by atoms with Gasteiger partial charge in [-0.2, -0.15) is 0 Å². The van der Waals surface area contributed by atoms with E-state index in [1.54, 1.807) is 18.2 Å². The second-order valence-electron chi connectivity index (χ2n) is 10.2. The fourth-order valence-electron chi connectivity index (χ4n) is 5.77. The molecule has 0 spiro atoms. The number of hydrogen-bond acceptors (Lipinski definition) is 4.